The Labute approximate surface area is 227 Å². The maximum atomic E-state index is 12.9. The molecule has 1 aliphatic rings. The molecule has 0 fully saturated rings. The first-order valence-corrected chi connectivity index (χ1v) is 14.1. The van der Waals surface area contributed by atoms with Gasteiger partial charge in [0.1, 0.15) is 16.4 Å². The van der Waals surface area contributed by atoms with Crippen molar-refractivity contribution in [1.29, 1.82) is 0 Å². The highest BCUT2D eigenvalue weighted by atomic mass is 32.2. The molecule has 38 heavy (non-hydrogen) atoms. The summed E-state index contributed by atoms with van der Waals surface area (Å²) in [6.45, 7) is 3.11. The minimum Gasteiger partial charge on any atom is -0.748 e. The zero-order chi connectivity index (χ0) is 26.9. The summed E-state index contributed by atoms with van der Waals surface area (Å²) in [5, 5.41) is 5.77. The number of Topliss-reactive ketones (excluding diaryl/α,β-unsaturated/α-hetero) is 1. The second-order valence-electron chi connectivity index (χ2n) is 8.58. The number of ketones is 1. The molecule has 0 spiro atoms. The molecule has 1 aliphatic heterocycles. The number of benzene rings is 2. The normalized spacial score (nSPS) is 14.3. The fourth-order valence-electron chi connectivity index (χ4n) is 3.85. The van der Waals surface area contributed by atoms with Gasteiger partial charge in [0, 0.05) is 30.2 Å². The van der Waals surface area contributed by atoms with Crippen LogP contribution in [0.25, 0.3) is 0 Å². The zero-order valence-corrected chi connectivity index (χ0v) is 22.4. The van der Waals surface area contributed by atoms with Crippen molar-refractivity contribution in [1.82, 2.24) is 10.3 Å². The number of anilines is 1. The molecule has 2 N–H and O–H groups in total. The molecule has 4 rings (SSSR count). The van der Waals surface area contributed by atoms with Gasteiger partial charge in [0.05, 0.1) is 30.6 Å². The van der Waals surface area contributed by atoms with Crippen molar-refractivity contribution < 1.29 is 32.1 Å². The number of nitrogens with zero attached hydrogens (tertiary/aromatic N) is 1. The largest absolute Gasteiger partial charge is 0.748 e. The van der Waals surface area contributed by atoms with Crippen molar-refractivity contribution in [3.8, 4) is 11.5 Å². The number of carbonyl (C=O) groups excluding carboxylic acids is 2. The Balaban J connectivity index is 1.38. The third-order valence-corrected chi connectivity index (χ3v) is 7.06. The number of hydrogen-bond donors (Lipinski definition) is 2. The molecule has 2 atom stereocenters. The summed E-state index contributed by atoms with van der Waals surface area (Å²) in [4.78, 5) is 30.3. The molecule has 202 valence electrons. The van der Waals surface area contributed by atoms with E-state index in [1.54, 1.807) is 42.5 Å². The number of aryl methyl sites for hydroxylation is 1. The lowest BCUT2D eigenvalue weighted by atomic mass is 10.0. The Hall–Kier alpha value is -3.32. The van der Waals surface area contributed by atoms with Gasteiger partial charge in [-0.05, 0) is 48.7 Å². The number of hydrogen-bond acceptors (Lipinski definition) is 10. The number of thiazole rings is 1. The monoisotopic (exact) mass is 558 g/mol. The number of ether oxygens (including phenoxy) is 2. The van der Waals surface area contributed by atoms with E-state index in [9.17, 15) is 18.4 Å². The molecule has 10 nitrogen and oxygen atoms in total. The maximum absolute atomic E-state index is 12.9. The van der Waals surface area contributed by atoms with Gasteiger partial charge in [-0.1, -0.05) is 19.1 Å². The van der Waals surface area contributed by atoms with E-state index in [4.69, 9.17) is 9.47 Å². The first-order chi connectivity index (χ1) is 18.4. The lowest BCUT2D eigenvalue weighted by molar-refractivity contribution is -0.121. The van der Waals surface area contributed by atoms with Crippen LogP contribution in [-0.4, -0.2) is 38.6 Å². The van der Waals surface area contributed by atoms with Gasteiger partial charge in [0.2, 0.25) is 5.91 Å². The molecular formula is C26H28N3O7S2-. The van der Waals surface area contributed by atoms with Crippen LogP contribution in [0, 0.1) is 0 Å². The van der Waals surface area contributed by atoms with Gasteiger partial charge in [-0.2, -0.15) is 4.28 Å². The molecule has 0 aliphatic carbocycles. The molecule has 1 aromatic heterocycles. The predicted molar refractivity (Wildman–Crippen MR) is 142 cm³/mol. The number of carbonyl (C=O) groups is 2. The topological polar surface area (TPSA) is 139 Å². The third kappa shape index (κ3) is 7.84. The van der Waals surface area contributed by atoms with Crippen LogP contribution in [0.2, 0.25) is 0 Å². The summed E-state index contributed by atoms with van der Waals surface area (Å²) in [5.74, 6) is 0.753. The number of rotatable bonds is 12. The van der Waals surface area contributed by atoms with Crippen molar-refractivity contribution in [3.63, 3.8) is 0 Å². The molecule has 0 saturated heterocycles. The lowest BCUT2D eigenvalue weighted by Gasteiger charge is -2.17. The molecule has 2 aromatic carbocycles. The van der Waals surface area contributed by atoms with Gasteiger partial charge in [-0.15, -0.1) is 11.3 Å². The minimum absolute atomic E-state index is 0.0301. The number of aromatic nitrogens is 1. The van der Waals surface area contributed by atoms with Crippen molar-refractivity contribution in [2.24, 2.45) is 0 Å². The summed E-state index contributed by atoms with van der Waals surface area (Å²) in [5.41, 5.74) is 5.11. The summed E-state index contributed by atoms with van der Waals surface area (Å²) < 4.78 is 36.7. The van der Waals surface area contributed by atoms with Crippen LogP contribution in [0.1, 0.15) is 58.9 Å². The van der Waals surface area contributed by atoms with E-state index >= 15 is 0 Å². The van der Waals surface area contributed by atoms with Crippen LogP contribution in [0.5, 0.6) is 11.5 Å². The minimum atomic E-state index is -2.68. The fourth-order valence-corrected chi connectivity index (χ4v) is 4.96. The Morgan fingerprint density at radius 3 is 2.61 bits per heavy atom. The predicted octanol–water partition coefficient (Wildman–Crippen LogP) is 4.07. The number of fused-ring (bicyclic) bond motifs is 1. The fraction of sp³-hybridized carbons (Fsp3) is 0.346. The van der Waals surface area contributed by atoms with Gasteiger partial charge < -0.3 is 19.3 Å². The molecule has 12 heteroatoms. The molecule has 1 unspecified atom stereocenters. The van der Waals surface area contributed by atoms with Crippen molar-refractivity contribution in [3.05, 3.63) is 69.7 Å². The van der Waals surface area contributed by atoms with Gasteiger partial charge in [0.15, 0.2) is 17.3 Å². The first kappa shape index (κ1) is 27.7. The van der Waals surface area contributed by atoms with Gasteiger partial charge in [0.25, 0.3) is 0 Å². The van der Waals surface area contributed by atoms with Gasteiger partial charge >= 0.3 is 0 Å². The molecular weight excluding hydrogens is 530 g/mol. The van der Waals surface area contributed by atoms with E-state index in [1.165, 1.54) is 11.3 Å². The van der Waals surface area contributed by atoms with Crippen molar-refractivity contribution >= 4 is 40.1 Å². The highest BCUT2D eigenvalue weighted by Crippen LogP contribution is 2.31. The molecule has 2 heterocycles. The van der Waals surface area contributed by atoms with Gasteiger partial charge in [-0.25, -0.2) is 9.19 Å². The Morgan fingerprint density at radius 2 is 1.89 bits per heavy atom. The summed E-state index contributed by atoms with van der Waals surface area (Å²) in [7, 11) is 0. The quantitative estimate of drug-likeness (QED) is 0.191. The second-order valence-corrected chi connectivity index (χ2v) is 10.0. The average molecular weight is 559 g/mol. The maximum Gasteiger partial charge on any atom is 0.221 e. The highest BCUT2D eigenvalue weighted by molar-refractivity contribution is 7.74. The van der Waals surface area contributed by atoms with Crippen LogP contribution in [0.4, 0.5) is 5.69 Å². The van der Waals surface area contributed by atoms with E-state index in [-0.39, 0.29) is 30.6 Å². The Kier molecular flexibility index (Phi) is 9.82. The van der Waals surface area contributed by atoms with Crippen LogP contribution in [-0.2, 0) is 33.3 Å². The van der Waals surface area contributed by atoms with Crippen LogP contribution in [0.15, 0.2) is 47.8 Å². The van der Waals surface area contributed by atoms with Crippen molar-refractivity contribution in [2.45, 2.75) is 45.1 Å². The third-order valence-electron chi connectivity index (χ3n) is 5.84. The van der Waals surface area contributed by atoms with Crippen LogP contribution >= 0.6 is 11.3 Å². The Bertz CT molecular complexity index is 1280. The average Bonchev–Trinajstić information content (AvgIpc) is 3.28. The first-order valence-electron chi connectivity index (χ1n) is 12.2. The highest BCUT2D eigenvalue weighted by Gasteiger charge is 2.20. The van der Waals surface area contributed by atoms with Crippen LogP contribution < -0.4 is 20.3 Å². The van der Waals surface area contributed by atoms with E-state index in [0.29, 0.717) is 42.4 Å². The van der Waals surface area contributed by atoms with E-state index in [2.05, 4.69) is 20.1 Å². The molecule has 0 saturated carbocycles. The van der Waals surface area contributed by atoms with E-state index < -0.39 is 11.4 Å². The Morgan fingerprint density at radius 1 is 1.13 bits per heavy atom. The zero-order valence-electron chi connectivity index (χ0n) is 20.8. The van der Waals surface area contributed by atoms with E-state index in [0.717, 1.165) is 29.1 Å². The molecule has 0 radical (unpaired) electrons. The van der Waals surface area contributed by atoms with Crippen molar-refractivity contribution in [2.75, 3.05) is 18.7 Å². The standard InChI is InChI=1S/C26H29N3O7S2/c1-2-19-16-37-26(27-19)21(14-17-4-7-20(8-5-17)29-36-38(32)33)28-25(31)11-9-22(30)18-6-10-23-24(15-18)35-13-3-12-34-23/h4-8,10,15-16,21,29H,2-3,9,11-14H2,1H3,(H,28,31)(H,32,33)/p-1/t21-/m0/s1. The number of amides is 1. The van der Waals surface area contributed by atoms with Gasteiger partial charge in [-0.3, -0.25) is 15.1 Å². The summed E-state index contributed by atoms with van der Waals surface area (Å²) >= 11 is -1.21. The molecule has 1 amide bonds. The van der Waals surface area contributed by atoms with Crippen LogP contribution in [0.3, 0.4) is 0 Å². The summed E-state index contributed by atoms with van der Waals surface area (Å²) in [6, 6.07) is 11.7. The smallest absolute Gasteiger partial charge is 0.221 e. The SMILES string of the molecule is CCc1csc([C@H](Cc2ccc(NOS(=O)[O-])cc2)NC(=O)CCC(=O)c2ccc3c(c2)OCCCO3)n1. The summed E-state index contributed by atoms with van der Waals surface area (Å²) in [6.07, 6.45) is 2.10. The molecule has 0 bridgehead atoms. The second kappa shape index (κ2) is 13.5. The lowest BCUT2D eigenvalue weighted by Crippen LogP contribution is -2.30. The van der Waals surface area contributed by atoms with E-state index in [1.807, 2.05) is 12.3 Å². The number of nitrogens with one attached hydrogen (secondary N) is 2. The molecule has 3 aromatic rings.